The average molecular weight is 331 g/mol. The van der Waals surface area contributed by atoms with Gasteiger partial charge in [-0.2, -0.15) is 0 Å². The van der Waals surface area contributed by atoms with E-state index < -0.39 is 0 Å². The van der Waals surface area contributed by atoms with Crippen LogP contribution in [0, 0.1) is 0 Å². The number of carbonyl (C=O) groups is 2. The molecule has 5 nitrogen and oxygen atoms in total. The minimum atomic E-state index is -0.0307. The number of likely N-dealkylation sites (N-methyl/N-ethyl adjacent to an activating group) is 1. The summed E-state index contributed by atoms with van der Waals surface area (Å²) in [6.45, 7) is 5.67. The second kappa shape index (κ2) is 8.83. The highest BCUT2D eigenvalue weighted by atomic mass is 16.2. The summed E-state index contributed by atoms with van der Waals surface area (Å²) in [6.07, 6.45) is 4.87. The van der Waals surface area contributed by atoms with E-state index in [2.05, 4.69) is 10.2 Å². The number of amides is 2. The molecule has 0 radical (unpaired) electrons. The molecule has 1 aliphatic rings. The molecule has 0 bridgehead atoms. The first kappa shape index (κ1) is 18.5. The van der Waals surface area contributed by atoms with Gasteiger partial charge < -0.3 is 10.2 Å². The van der Waals surface area contributed by atoms with E-state index in [9.17, 15) is 9.59 Å². The number of benzene rings is 1. The smallest absolute Gasteiger partial charge is 0.253 e. The third kappa shape index (κ3) is 4.81. The summed E-state index contributed by atoms with van der Waals surface area (Å²) in [7, 11) is 2.01. The van der Waals surface area contributed by atoms with Gasteiger partial charge in [-0.15, -0.1) is 0 Å². The molecule has 1 fully saturated rings. The average Bonchev–Trinajstić information content (AvgIpc) is 3.10. The Balaban J connectivity index is 1.95. The van der Waals surface area contributed by atoms with E-state index in [0.717, 1.165) is 0 Å². The van der Waals surface area contributed by atoms with Crippen molar-refractivity contribution >= 4 is 17.5 Å². The van der Waals surface area contributed by atoms with Crippen LogP contribution in [0.2, 0.25) is 0 Å². The van der Waals surface area contributed by atoms with Gasteiger partial charge in [0.1, 0.15) is 0 Å². The van der Waals surface area contributed by atoms with Crippen molar-refractivity contribution < 1.29 is 9.59 Å². The van der Waals surface area contributed by atoms with Crippen LogP contribution in [0.15, 0.2) is 24.3 Å². The fraction of sp³-hybridized carbons (Fsp3) is 0.579. The molecule has 0 aromatic heterocycles. The molecule has 24 heavy (non-hydrogen) atoms. The van der Waals surface area contributed by atoms with Crippen LogP contribution in [-0.4, -0.2) is 54.3 Å². The van der Waals surface area contributed by atoms with Crippen LogP contribution in [-0.2, 0) is 4.79 Å². The minimum absolute atomic E-state index is 0.000766. The van der Waals surface area contributed by atoms with Crippen LogP contribution in [0.3, 0.4) is 0 Å². The topological polar surface area (TPSA) is 52.7 Å². The summed E-state index contributed by atoms with van der Waals surface area (Å²) in [5, 5.41) is 2.92. The lowest BCUT2D eigenvalue weighted by Crippen LogP contribution is -2.36. The highest BCUT2D eigenvalue weighted by molar-refractivity contribution is 5.97. The maximum absolute atomic E-state index is 12.4. The van der Waals surface area contributed by atoms with Crippen molar-refractivity contribution in [3.8, 4) is 0 Å². The standard InChI is InChI=1S/C19H29N3O2/c1-4-22(5-2)19(24)15-9-8-10-16(13-15)20-18(23)14-21(3)17-11-6-7-12-17/h8-10,13,17H,4-7,11-12,14H2,1-3H3,(H,20,23). The third-order valence-corrected chi connectivity index (χ3v) is 4.78. The number of hydrogen-bond donors (Lipinski definition) is 1. The fourth-order valence-electron chi connectivity index (χ4n) is 3.32. The molecule has 0 heterocycles. The van der Waals surface area contributed by atoms with Gasteiger partial charge in [-0.1, -0.05) is 18.9 Å². The number of hydrogen-bond acceptors (Lipinski definition) is 3. The van der Waals surface area contributed by atoms with Gasteiger partial charge in [-0.05, 0) is 51.9 Å². The zero-order valence-electron chi connectivity index (χ0n) is 15.0. The maximum Gasteiger partial charge on any atom is 0.253 e. The van der Waals surface area contributed by atoms with Gasteiger partial charge >= 0.3 is 0 Å². The number of anilines is 1. The van der Waals surface area contributed by atoms with Gasteiger partial charge in [0.15, 0.2) is 0 Å². The first-order valence-electron chi connectivity index (χ1n) is 8.94. The van der Waals surface area contributed by atoms with Crippen molar-refractivity contribution in [3.05, 3.63) is 29.8 Å². The molecule has 1 N–H and O–H groups in total. The third-order valence-electron chi connectivity index (χ3n) is 4.78. The lowest BCUT2D eigenvalue weighted by atomic mass is 10.1. The van der Waals surface area contributed by atoms with E-state index in [0.29, 0.717) is 36.9 Å². The van der Waals surface area contributed by atoms with Crippen LogP contribution >= 0.6 is 0 Å². The van der Waals surface area contributed by atoms with Gasteiger partial charge in [0, 0.05) is 30.4 Å². The van der Waals surface area contributed by atoms with Crippen LogP contribution < -0.4 is 5.32 Å². The normalized spacial score (nSPS) is 14.8. The molecule has 2 rings (SSSR count). The Morgan fingerprint density at radius 3 is 2.46 bits per heavy atom. The molecule has 0 saturated heterocycles. The Morgan fingerprint density at radius 2 is 1.83 bits per heavy atom. The monoisotopic (exact) mass is 331 g/mol. The van der Waals surface area contributed by atoms with Crippen LogP contribution in [0.1, 0.15) is 49.9 Å². The number of rotatable bonds is 7. The zero-order valence-corrected chi connectivity index (χ0v) is 15.0. The van der Waals surface area contributed by atoms with Gasteiger partial charge in [0.2, 0.25) is 5.91 Å². The number of nitrogens with one attached hydrogen (secondary N) is 1. The molecule has 0 aliphatic heterocycles. The lowest BCUT2D eigenvalue weighted by molar-refractivity contribution is -0.117. The maximum atomic E-state index is 12.4. The Labute approximate surface area is 145 Å². The molecule has 1 aromatic rings. The fourth-order valence-corrected chi connectivity index (χ4v) is 3.32. The van der Waals surface area contributed by atoms with Gasteiger partial charge in [0.25, 0.3) is 5.91 Å². The molecule has 1 saturated carbocycles. The van der Waals surface area contributed by atoms with E-state index in [4.69, 9.17) is 0 Å². The molecule has 1 aromatic carbocycles. The largest absolute Gasteiger partial charge is 0.339 e. The lowest BCUT2D eigenvalue weighted by Gasteiger charge is -2.23. The van der Waals surface area contributed by atoms with E-state index in [1.54, 1.807) is 17.0 Å². The predicted octanol–water partition coefficient (Wildman–Crippen LogP) is 2.98. The van der Waals surface area contributed by atoms with Crippen molar-refractivity contribution in [3.63, 3.8) is 0 Å². The van der Waals surface area contributed by atoms with E-state index in [1.807, 2.05) is 33.0 Å². The molecule has 132 valence electrons. The zero-order chi connectivity index (χ0) is 17.5. The molecular formula is C19H29N3O2. The Bertz CT molecular complexity index is 563. The SMILES string of the molecule is CCN(CC)C(=O)c1cccc(NC(=O)CN(C)C2CCCC2)c1. The molecule has 0 unspecified atom stereocenters. The van der Waals surface area contributed by atoms with Crippen LogP contribution in [0.5, 0.6) is 0 Å². The predicted molar refractivity (Wildman–Crippen MR) is 97.2 cm³/mol. The van der Waals surface area contributed by atoms with Crippen molar-refractivity contribution in [1.82, 2.24) is 9.80 Å². The molecular weight excluding hydrogens is 302 g/mol. The number of nitrogens with zero attached hydrogens (tertiary/aromatic N) is 2. The van der Waals surface area contributed by atoms with Crippen LogP contribution in [0.4, 0.5) is 5.69 Å². The van der Waals surface area contributed by atoms with Crippen molar-refractivity contribution in [2.75, 3.05) is 32.0 Å². The van der Waals surface area contributed by atoms with Crippen LogP contribution in [0.25, 0.3) is 0 Å². The summed E-state index contributed by atoms with van der Waals surface area (Å²) in [5.74, 6) is -0.0315. The molecule has 5 heteroatoms. The van der Waals surface area contributed by atoms with Gasteiger partial charge in [-0.3, -0.25) is 14.5 Å². The minimum Gasteiger partial charge on any atom is -0.339 e. The highest BCUT2D eigenvalue weighted by Crippen LogP contribution is 2.22. The van der Waals surface area contributed by atoms with E-state index in [-0.39, 0.29) is 11.8 Å². The summed E-state index contributed by atoms with van der Waals surface area (Å²) in [5.41, 5.74) is 1.29. The first-order chi connectivity index (χ1) is 11.5. The van der Waals surface area contributed by atoms with Crippen molar-refractivity contribution in [2.45, 2.75) is 45.6 Å². The molecule has 0 spiro atoms. The van der Waals surface area contributed by atoms with E-state index >= 15 is 0 Å². The summed E-state index contributed by atoms with van der Waals surface area (Å²) in [6, 6.07) is 7.71. The Morgan fingerprint density at radius 1 is 1.17 bits per heavy atom. The van der Waals surface area contributed by atoms with E-state index in [1.165, 1.54) is 25.7 Å². The first-order valence-corrected chi connectivity index (χ1v) is 8.94. The second-order valence-corrected chi connectivity index (χ2v) is 6.46. The quantitative estimate of drug-likeness (QED) is 0.836. The molecule has 1 aliphatic carbocycles. The molecule has 2 amide bonds. The highest BCUT2D eigenvalue weighted by Gasteiger charge is 2.21. The summed E-state index contributed by atoms with van der Waals surface area (Å²) in [4.78, 5) is 28.6. The van der Waals surface area contributed by atoms with Crippen molar-refractivity contribution in [2.24, 2.45) is 0 Å². The Kier molecular flexibility index (Phi) is 6.79. The summed E-state index contributed by atoms with van der Waals surface area (Å²) >= 11 is 0. The van der Waals surface area contributed by atoms with Crippen molar-refractivity contribution in [1.29, 1.82) is 0 Å². The number of carbonyl (C=O) groups excluding carboxylic acids is 2. The summed E-state index contributed by atoms with van der Waals surface area (Å²) < 4.78 is 0. The Hall–Kier alpha value is -1.88. The van der Waals surface area contributed by atoms with Gasteiger partial charge in [-0.25, -0.2) is 0 Å². The van der Waals surface area contributed by atoms with Gasteiger partial charge in [0.05, 0.1) is 6.54 Å². The molecule has 0 atom stereocenters. The second-order valence-electron chi connectivity index (χ2n) is 6.46.